The predicted octanol–water partition coefficient (Wildman–Crippen LogP) is 3.27. The molecule has 0 saturated carbocycles. The number of sulfonamides is 1. The van der Waals surface area contributed by atoms with Crippen LogP contribution in [0.25, 0.3) is 0 Å². The Morgan fingerprint density at radius 1 is 1.19 bits per heavy atom. The summed E-state index contributed by atoms with van der Waals surface area (Å²) in [5.74, 6) is 0.785. The minimum absolute atomic E-state index is 0.268. The average Bonchev–Trinajstić information content (AvgIpc) is 2.92. The van der Waals surface area contributed by atoms with Crippen LogP contribution in [0, 0.1) is 0 Å². The maximum absolute atomic E-state index is 12.3. The number of benzene rings is 1. The van der Waals surface area contributed by atoms with E-state index >= 15 is 0 Å². The lowest BCUT2D eigenvalue weighted by Crippen LogP contribution is -2.28. The molecule has 0 aliphatic carbocycles. The van der Waals surface area contributed by atoms with Crippen molar-refractivity contribution in [1.29, 1.82) is 0 Å². The molecule has 2 aromatic rings. The van der Waals surface area contributed by atoms with E-state index in [0.29, 0.717) is 17.3 Å². The Hall–Kier alpha value is -1.08. The van der Waals surface area contributed by atoms with Crippen molar-refractivity contribution < 1.29 is 13.2 Å². The molecule has 2 rings (SSSR count). The molecule has 0 amide bonds. The van der Waals surface area contributed by atoms with Crippen molar-refractivity contribution >= 4 is 33.0 Å². The van der Waals surface area contributed by atoms with Crippen LogP contribution in [0.5, 0.6) is 5.75 Å². The largest absolute Gasteiger partial charge is 0.497 e. The summed E-state index contributed by atoms with van der Waals surface area (Å²) in [6, 6.07) is 10.7. The maximum atomic E-state index is 12.3. The van der Waals surface area contributed by atoms with Gasteiger partial charge in [-0.25, -0.2) is 8.42 Å². The molecule has 4 nitrogen and oxygen atoms in total. The van der Waals surface area contributed by atoms with E-state index in [4.69, 9.17) is 16.3 Å². The van der Waals surface area contributed by atoms with Gasteiger partial charge in [-0.1, -0.05) is 23.7 Å². The van der Waals surface area contributed by atoms with Gasteiger partial charge < -0.3 is 4.74 Å². The zero-order chi connectivity index (χ0) is 15.5. The number of hydrogen-bond donors (Lipinski definition) is 0. The monoisotopic (exact) mass is 345 g/mol. The van der Waals surface area contributed by atoms with Gasteiger partial charge in [-0.3, -0.25) is 0 Å². The van der Waals surface area contributed by atoms with Crippen LogP contribution in [0.1, 0.15) is 5.56 Å². The standard InChI is InChI=1S/C14H16ClNO3S2/c1-16(21(17,18)14-8-7-13(15)20-14)10-9-11-3-5-12(19-2)6-4-11/h3-8H,9-10H2,1-2H3. The molecule has 0 aliphatic rings. The summed E-state index contributed by atoms with van der Waals surface area (Å²) in [6.45, 7) is 0.407. The van der Waals surface area contributed by atoms with Gasteiger partial charge in [0.25, 0.3) is 10.0 Å². The van der Waals surface area contributed by atoms with Gasteiger partial charge in [-0.05, 0) is 36.2 Å². The van der Waals surface area contributed by atoms with Crippen molar-refractivity contribution in [1.82, 2.24) is 4.31 Å². The van der Waals surface area contributed by atoms with Gasteiger partial charge in [-0.2, -0.15) is 4.31 Å². The number of rotatable bonds is 6. The van der Waals surface area contributed by atoms with Gasteiger partial charge in [0.05, 0.1) is 11.4 Å². The smallest absolute Gasteiger partial charge is 0.252 e. The van der Waals surface area contributed by atoms with Crippen LogP contribution in [0.2, 0.25) is 4.34 Å². The second kappa shape index (κ2) is 6.79. The highest BCUT2D eigenvalue weighted by atomic mass is 35.5. The topological polar surface area (TPSA) is 46.6 Å². The van der Waals surface area contributed by atoms with E-state index < -0.39 is 10.0 Å². The Labute approximate surface area is 134 Å². The molecule has 0 radical (unpaired) electrons. The molecule has 1 aromatic heterocycles. The van der Waals surface area contributed by atoms with Crippen molar-refractivity contribution in [3.05, 3.63) is 46.3 Å². The number of thiophene rings is 1. The second-order valence-corrected chi connectivity index (χ2v) is 8.47. The van der Waals surface area contributed by atoms with E-state index in [-0.39, 0.29) is 4.21 Å². The summed E-state index contributed by atoms with van der Waals surface area (Å²) in [4.78, 5) is 0. The van der Waals surface area contributed by atoms with Crippen LogP contribution in [-0.2, 0) is 16.4 Å². The highest BCUT2D eigenvalue weighted by Crippen LogP contribution is 2.27. The Bertz CT molecular complexity index is 695. The summed E-state index contributed by atoms with van der Waals surface area (Å²) >= 11 is 6.87. The fourth-order valence-corrected chi connectivity index (χ4v) is 4.65. The van der Waals surface area contributed by atoms with Crippen LogP contribution in [-0.4, -0.2) is 33.4 Å². The van der Waals surface area contributed by atoms with Crippen LogP contribution in [0.15, 0.2) is 40.6 Å². The van der Waals surface area contributed by atoms with E-state index in [1.165, 1.54) is 10.4 Å². The molecule has 0 spiro atoms. The quantitative estimate of drug-likeness (QED) is 0.807. The molecule has 21 heavy (non-hydrogen) atoms. The Morgan fingerprint density at radius 3 is 2.38 bits per heavy atom. The van der Waals surface area contributed by atoms with Gasteiger partial charge in [0.2, 0.25) is 0 Å². The molecule has 0 N–H and O–H groups in total. The summed E-state index contributed by atoms with van der Waals surface area (Å²) in [6.07, 6.45) is 0.638. The third-order valence-corrected chi connectivity index (χ3v) is 6.64. The first-order valence-electron chi connectivity index (χ1n) is 6.28. The Balaban J connectivity index is 2.02. The van der Waals surface area contributed by atoms with E-state index in [9.17, 15) is 8.42 Å². The molecule has 0 fully saturated rings. The first-order chi connectivity index (χ1) is 9.93. The van der Waals surface area contributed by atoms with Crippen LogP contribution < -0.4 is 4.74 Å². The summed E-state index contributed by atoms with van der Waals surface area (Å²) < 4.78 is 31.8. The Morgan fingerprint density at radius 2 is 1.86 bits per heavy atom. The second-order valence-electron chi connectivity index (χ2n) is 4.48. The summed E-state index contributed by atoms with van der Waals surface area (Å²) in [7, 11) is -0.270. The number of likely N-dealkylation sites (N-methyl/N-ethyl adjacent to an activating group) is 1. The molecule has 0 saturated heterocycles. The van der Waals surface area contributed by atoms with Crippen molar-refractivity contribution in [2.75, 3.05) is 20.7 Å². The highest BCUT2D eigenvalue weighted by Gasteiger charge is 2.22. The zero-order valence-electron chi connectivity index (χ0n) is 11.7. The van der Waals surface area contributed by atoms with Gasteiger partial charge in [0, 0.05) is 13.6 Å². The number of hydrogen-bond acceptors (Lipinski definition) is 4. The van der Waals surface area contributed by atoms with Gasteiger partial charge >= 0.3 is 0 Å². The number of nitrogens with zero attached hydrogens (tertiary/aromatic N) is 1. The molecular weight excluding hydrogens is 330 g/mol. The normalized spacial score (nSPS) is 11.8. The average molecular weight is 346 g/mol. The van der Waals surface area contributed by atoms with Gasteiger partial charge in [0.1, 0.15) is 9.96 Å². The van der Waals surface area contributed by atoms with Crippen molar-refractivity contribution in [3.63, 3.8) is 0 Å². The van der Waals surface area contributed by atoms with Crippen molar-refractivity contribution in [2.24, 2.45) is 0 Å². The third kappa shape index (κ3) is 3.97. The van der Waals surface area contributed by atoms with Crippen LogP contribution >= 0.6 is 22.9 Å². The predicted molar refractivity (Wildman–Crippen MR) is 85.8 cm³/mol. The lowest BCUT2D eigenvalue weighted by molar-refractivity contribution is 0.414. The summed E-state index contributed by atoms with van der Waals surface area (Å²) in [5, 5.41) is 0. The SMILES string of the molecule is COc1ccc(CCN(C)S(=O)(=O)c2ccc(Cl)s2)cc1. The lowest BCUT2D eigenvalue weighted by Gasteiger charge is -2.16. The number of halogens is 1. The van der Waals surface area contributed by atoms with Crippen LogP contribution in [0.3, 0.4) is 0 Å². The lowest BCUT2D eigenvalue weighted by atomic mass is 10.1. The van der Waals surface area contributed by atoms with E-state index in [2.05, 4.69) is 0 Å². The minimum Gasteiger partial charge on any atom is -0.497 e. The van der Waals surface area contributed by atoms with E-state index in [0.717, 1.165) is 22.6 Å². The zero-order valence-corrected chi connectivity index (χ0v) is 14.1. The first kappa shape index (κ1) is 16.3. The van der Waals surface area contributed by atoms with Gasteiger partial charge in [0.15, 0.2) is 0 Å². The molecule has 7 heteroatoms. The third-order valence-electron chi connectivity index (χ3n) is 3.09. The highest BCUT2D eigenvalue weighted by molar-refractivity contribution is 7.91. The molecule has 0 unspecified atom stereocenters. The Kier molecular flexibility index (Phi) is 5.27. The molecule has 114 valence electrons. The minimum atomic E-state index is -3.46. The maximum Gasteiger partial charge on any atom is 0.252 e. The molecule has 0 bridgehead atoms. The first-order valence-corrected chi connectivity index (χ1v) is 8.91. The molecular formula is C14H16ClNO3S2. The van der Waals surface area contributed by atoms with Gasteiger partial charge in [-0.15, -0.1) is 11.3 Å². The molecule has 0 aliphatic heterocycles. The number of ether oxygens (including phenoxy) is 1. The fraction of sp³-hybridized carbons (Fsp3) is 0.286. The van der Waals surface area contributed by atoms with Crippen molar-refractivity contribution in [2.45, 2.75) is 10.6 Å². The molecule has 1 heterocycles. The number of methoxy groups -OCH3 is 1. The molecule has 1 aromatic carbocycles. The van der Waals surface area contributed by atoms with Crippen molar-refractivity contribution in [3.8, 4) is 5.75 Å². The fourth-order valence-electron chi connectivity index (χ4n) is 1.79. The summed E-state index contributed by atoms with van der Waals surface area (Å²) in [5.41, 5.74) is 1.06. The molecule has 0 atom stereocenters. The van der Waals surface area contributed by atoms with E-state index in [1.54, 1.807) is 20.2 Å². The van der Waals surface area contributed by atoms with Crippen LogP contribution in [0.4, 0.5) is 0 Å². The van der Waals surface area contributed by atoms with E-state index in [1.807, 2.05) is 24.3 Å².